The number of carbonyl (C=O) groups excluding carboxylic acids is 1. The van der Waals surface area contributed by atoms with E-state index in [2.05, 4.69) is 0 Å². The van der Waals surface area contributed by atoms with E-state index in [-0.39, 0.29) is 13.0 Å². The Balaban J connectivity index is 2.70. The molecule has 0 spiro atoms. The van der Waals surface area contributed by atoms with Crippen molar-refractivity contribution < 1.29 is 24.6 Å². The van der Waals surface area contributed by atoms with E-state index in [4.69, 9.17) is 10.2 Å². The first-order valence-electron chi connectivity index (χ1n) is 4.18. The van der Waals surface area contributed by atoms with Crippen molar-refractivity contribution in [3.63, 3.8) is 0 Å². The minimum Gasteiger partial charge on any atom is -0.481 e. The van der Waals surface area contributed by atoms with Gasteiger partial charge in [0.2, 0.25) is 5.91 Å². The van der Waals surface area contributed by atoms with Crippen molar-refractivity contribution in [1.29, 1.82) is 0 Å². The summed E-state index contributed by atoms with van der Waals surface area (Å²) in [4.78, 5) is 33.4. The second-order valence-electron chi connectivity index (χ2n) is 3.30. The minimum absolute atomic E-state index is 0.0123. The average Bonchev–Trinajstić information content (AvgIpc) is 2.46. The summed E-state index contributed by atoms with van der Waals surface area (Å²) in [6.45, 7) is 1.35. The lowest BCUT2D eigenvalue weighted by molar-refractivity contribution is -0.147. The molecule has 14 heavy (non-hydrogen) atoms. The lowest BCUT2D eigenvalue weighted by atomic mass is 10.1. The van der Waals surface area contributed by atoms with E-state index in [0.29, 0.717) is 0 Å². The Bertz CT molecular complexity index is 287. The largest absolute Gasteiger partial charge is 0.481 e. The van der Waals surface area contributed by atoms with Gasteiger partial charge in [0, 0.05) is 13.0 Å². The van der Waals surface area contributed by atoms with Crippen LogP contribution in [0.4, 0.5) is 0 Å². The van der Waals surface area contributed by atoms with Crippen molar-refractivity contribution in [1.82, 2.24) is 4.90 Å². The van der Waals surface area contributed by atoms with Crippen molar-refractivity contribution in [2.24, 2.45) is 5.92 Å². The molecule has 1 fully saturated rings. The first-order chi connectivity index (χ1) is 6.43. The van der Waals surface area contributed by atoms with Crippen LogP contribution in [0.25, 0.3) is 0 Å². The van der Waals surface area contributed by atoms with Crippen molar-refractivity contribution in [2.45, 2.75) is 19.4 Å². The van der Waals surface area contributed by atoms with E-state index in [9.17, 15) is 14.4 Å². The standard InChI is InChI=1S/C8H11NO5/c1-4(7(11)12)9-3-5(8(13)14)2-6(9)10/h4-5H,2-3H2,1H3,(H,11,12)(H,13,14)/t4-,5-/m0/s1. The van der Waals surface area contributed by atoms with E-state index in [0.717, 1.165) is 4.90 Å². The molecule has 0 radical (unpaired) electrons. The van der Waals surface area contributed by atoms with Gasteiger partial charge in [0.15, 0.2) is 0 Å². The monoisotopic (exact) mass is 201 g/mol. The minimum atomic E-state index is -1.12. The maximum absolute atomic E-state index is 11.2. The number of nitrogens with zero attached hydrogens (tertiary/aromatic N) is 1. The van der Waals surface area contributed by atoms with Gasteiger partial charge in [-0.3, -0.25) is 9.59 Å². The van der Waals surface area contributed by atoms with Gasteiger partial charge in [0.1, 0.15) is 6.04 Å². The number of likely N-dealkylation sites (tertiary alicyclic amines) is 1. The summed E-state index contributed by atoms with van der Waals surface area (Å²) in [6, 6.07) is -0.952. The van der Waals surface area contributed by atoms with Gasteiger partial charge in [-0.2, -0.15) is 0 Å². The lowest BCUT2D eigenvalue weighted by Crippen LogP contribution is -2.40. The molecule has 2 N–H and O–H groups in total. The molecule has 0 aromatic carbocycles. The van der Waals surface area contributed by atoms with Crippen LogP contribution in [0.15, 0.2) is 0 Å². The second-order valence-corrected chi connectivity index (χ2v) is 3.30. The van der Waals surface area contributed by atoms with Gasteiger partial charge in [-0.25, -0.2) is 4.79 Å². The molecule has 0 aromatic rings. The summed E-state index contributed by atoms with van der Waals surface area (Å²) >= 11 is 0. The lowest BCUT2D eigenvalue weighted by Gasteiger charge is -2.20. The highest BCUT2D eigenvalue weighted by molar-refractivity contribution is 5.89. The molecule has 0 unspecified atom stereocenters. The predicted molar refractivity (Wildman–Crippen MR) is 44.6 cm³/mol. The van der Waals surface area contributed by atoms with E-state index in [1.54, 1.807) is 0 Å². The third-order valence-corrected chi connectivity index (χ3v) is 2.33. The van der Waals surface area contributed by atoms with Gasteiger partial charge in [0.25, 0.3) is 0 Å². The molecule has 0 bridgehead atoms. The first-order valence-corrected chi connectivity index (χ1v) is 4.18. The molecular formula is C8H11NO5. The number of aliphatic carboxylic acids is 2. The number of carboxylic acid groups (broad SMARTS) is 2. The molecule has 78 valence electrons. The van der Waals surface area contributed by atoms with Crippen molar-refractivity contribution >= 4 is 17.8 Å². The Labute approximate surface area is 80.1 Å². The first kappa shape index (κ1) is 10.5. The third kappa shape index (κ3) is 1.84. The Hall–Kier alpha value is -1.59. The van der Waals surface area contributed by atoms with Crippen LogP contribution < -0.4 is 0 Å². The number of hydrogen-bond acceptors (Lipinski definition) is 3. The zero-order valence-corrected chi connectivity index (χ0v) is 7.64. The molecule has 1 aliphatic heterocycles. The highest BCUT2D eigenvalue weighted by atomic mass is 16.4. The molecule has 1 rings (SSSR count). The fourth-order valence-electron chi connectivity index (χ4n) is 1.40. The van der Waals surface area contributed by atoms with Crippen molar-refractivity contribution in [3.8, 4) is 0 Å². The Kier molecular flexibility index (Phi) is 2.73. The molecule has 1 aliphatic rings. The van der Waals surface area contributed by atoms with Crippen LogP contribution in [0, 0.1) is 5.92 Å². The van der Waals surface area contributed by atoms with Gasteiger partial charge in [0.05, 0.1) is 5.92 Å². The van der Waals surface area contributed by atoms with E-state index in [1.165, 1.54) is 6.92 Å². The number of amides is 1. The summed E-state index contributed by atoms with van der Waals surface area (Å²) < 4.78 is 0. The Morgan fingerprint density at radius 3 is 2.43 bits per heavy atom. The zero-order chi connectivity index (χ0) is 10.9. The molecular weight excluding hydrogens is 190 g/mol. The van der Waals surface area contributed by atoms with Crippen LogP contribution in [-0.4, -0.2) is 45.5 Å². The Morgan fingerprint density at radius 2 is 2.07 bits per heavy atom. The summed E-state index contributed by atoms with van der Waals surface area (Å²) in [5, 5.41) is 17.3. The SMILES string of the molecule is C[C@@H](C(=O)O)N1C[C@@H](C(=O)O)CC1=O. The van der Waals surface area contributed by atoms with Gasteiger partial charge >= 0.3 is 11.9 Å². The highest BCUT2D eigenvalue weighted by Gasteiger charge is 2.38. The molecule has 1 saturated heterocycles. The van der Waals surface area contributed by atoms with Gasteiger partial charge < -0.3 is 15.1 Å². The normalized spacial score (nSPS) is 23.6. The summed E-state index contributed by atoms with van der Waals surface area (Å²) in [5.74, 6) is -3.36. The van der Waals surface area contributed by atoms with Crippen molar-refractivity contribution in [2.75, 3.05) is 6.54 Å². The smallest absolute Gasteiger partial charge is 0.326 e. The molecule has 1 amide bonds. The topological polar surface area (TPSA) is 94.9 Å². The van der Waals surface area contributed by atoms with Gasteiger partial charge in [-0.1, -0.05) is 0 Å². The highest BCUT2D eigenvalue weighted by Crippen LogP contribution is 2.20. The predicted octanol–water partition coefficient (Wildman–Crippen LogP) is -0.607. The van der Waals surface area contributed by atoms with Crippen LogP contribution in [0.5, 0.6) is 0 Å². The molecule has 1 heterocycles. The Morgan fingerprint density at radius 1 is 1.50 bits per heavy atom. The maximum atomic E-state index is 11.2. The van der Waals surface area contributed by atoms with Crippen molar-refractivity contribution in [3.05, 3.63) is 0 Å². The third-order valence-electron chi connectivity index (χ3n) is 2.33. The zero-order valence-electron chi connectivity index (χ0n) is 7.64. The number of carbonyl (C=O) groups is 3. The summed E-state index contributed by atoms with van der Waals surface area (Å²) in [6.07, 6.45) is -0.104. The average molecular weight is 201 g/mol. The summed E-state index contributed by atoms with van der Waals surface area (Å²) in [5.41, 5.74) is 0. The van der Waals surface area contributed by atoms with Crippen LogP contribution in [0.2, 0.25) is 0 Å². The molecule has 6 nitrogen and oxygen atoms in total. The maximum Gasteiger partial charge on any atom is 0.326 e. The molecule has 6 heteroatoms. The molecule has 0 aliphatic carbocycles. The second kappa shape index (κ2) is 3.65. The van der Waals surface area contributed by atoms with E-state index in [1.807, 2.05) is 0 Å². The fraction of sp³-hybridized carbons (Fsp3) is 0.625. The number of rotatable bonds is 3. The van der Waals surface area contributed by atoms with Crippen LogP contribution in [0.3, 0.4) is 0 Å². The molecule has 2 atom stereocenters. The van der Waals surface area contributed by atoms with Gasteiger partial charge in [-0.15, -0.1) is 0 Å². The molecule has 0 aromatic heterocycles. The van der Waals surface area contributed by atoms with E-state index < -0.39 is 29.8 Å². The molecule has 0 saturated carbocycles. The van der Waals surface area contributed by atoms with Gasteiger partial charge in [-0.05, 0) is 6.92 Å². The number of hydrogen-bond donors (Lipinski definition) is 2. The quantitative estimate of drug-likeness (QED) is 0.635. The van der Waals surface area contributed by atoms with E-state index >= 15 is 0 Å². The number of carboxylic acids is 2. The van der Waals surface area contributed by atoms with Crippen LogP contribution in [-0.2, 0) is 14.4 Å². The van der Waals surface area contributed by atoms with Crippen LogP contribution in [0.1, 0.15) is 13.3 Å². The summed E-state index contributed by atoms with van der Waals surface area (Å²) in [7, 11) is 0. The fourth-order valence-corrected chi connectivity index (χ4v) is 1.40. The van der Waals surface area contributed by atoms with Crippen LogP contribution >= 0.6 is 0 Å².